The minimum atomic E-state index is -0.368. The normalized spacial score (nSPS) is 10.2. The minimum Gasteiger partial charge on any atom is -0.462 e. The molecule has 0 fully saturated rings. The zero-order valence-electron chi connectivity index (χ0n) is 10.7. The third-order valence-corrected chi connectivity index (χ3v) is 2.93. The van der Waals surface area contributed by atoms with Gasteiger partial charge in [0, 0.05) is 6.42 Å². The summed E-state index contributed by atoms with van der Waals surface area (Å²) in [4.78, 5) is 23.4. The Labute approximate surface area is 112 Å². The molecule has 0 heterocycles. The molecule has 0 unspecified atom stereocenters. The number of rotatable bonds is 6. The van der Waals surface area contributed by atoms with E-state index < -0.39 is 0 Å². The highest BCUT2D eigenvalue weighted by molar-refractivity contribution is 6.27. The molecule has 4 heteroatoms. The van der Waals surface area contributed by atoms with Gasteiger partial charge in [0.05, 0.1) is 18.1 Å². The molecule has 18 heavy (non-hydrogen) atoms. The van der Waals surface area contributed by atoms with Crippen molar-refractivity contribution in [2.24, 2.45) is 0 Å². The molecule has 0 spiro atoms. The molecular weight excluding hydrogens is 252 g/mol. The molecule has 3 nitrogen and oxygen atoms in total. The smallest absolute Gasteiger partial charge is 0.338 e. The van der Waals surface area contributed by atoms with E-state index in [1.807, 2.05) is 19.1 Å². The van der Waals surface area contributed by atoms with Crippen LogP contribution in [0.15, 0.2) is 18.2 Å². The minimum absolute atomic E-state index is 0.0430. The van der Waals surface area contributed by atoms with E-state index in [1.54, 1.807) is 13.0 Å². The van der Waals surface area contributed by atoms with Crippen LogP contribution in [0.1, 0.15) is 35.3 Å². The molecule has 0 saturated heterocycles. The number of esters is 1. The van der Waals surface area contributed by atoms with Crippen LogP contribution in [-0.2, 0) is 22.4 Å². The molecule has 0 aliphatic rings. The summed E-state index contributed by atoms with van der Waals surface area (Å²) in [5.41, 5.74) is 2.10. The fraction of sp³-hybridized carbons (Fsp3) is 0.429. The van der Waals surface area contributed by atoms with Crippen LogP contribution >= 0.6 is 11.6 Å². The van der Waals surface area contributed by atoms with E-state index in [9.17, 15) is 9.59 Å². The quantitative estimate of drug-likeness (QED) is 0.589. The van der Waals surface area contributed by atoms with Gasteiger partial charge in [-0.25, -0.2) is 4.79 Å². The molecule has 1 rings (SSSR count). The van der Waals surface area contributed by atoms with Gasteiger partial charge in [0.25, 0.3) is 0 Å². The topological polar surface area (TPSA) is 43.4 Å². The summed E-state index contributed by atoms with van der Waals surface area (Å²) in [6.45, 7) is 4.04. The standard InChI is InChI=1S/C14H17ClO3/c1-3-10-6-5-7-11(8-12(16)9-15)13(10)14(17)18-4-2/h5-7H,3-4,8-9H2,1-2H3. The molecule has 0 bridgehead atoms. The maximum Gasteiger partial charge on any atom is 0.338 e. The Kier molecular flexibility index (Phi) is 5.86. The molecule has 0 aliphatic heterocycles. The van der Waals surface area contributed by atoms with E-state index in [1.165, 1.54) is 0 Å². The highest BCUT2D eigenvalue weighted by Crippen LogP contribution is 2.18. The molecule has 0 N–H and O–H groups in total. The molecule has 1 aromatic carbocycles. The first-order valence-electron chi connectivity index (χ1n) is 5.99. The molecule has 0 amide bonds. The number of Topliss-reactive ketones (excluding diaryl/α,β-unsaturated/α-hetero) is 1. The van der Waals surface area contributed by atoms with E-state index >= 15 is 0 Å². The third-order valence-electron chi connectivity index (χ3n) is 2.63. The predicted molar refractivity (Wildman–Crippen MR) is 71.2 cm³/mol. The zero-order valence-corrected chi connectivity index (χ0v) is 11.4. The summed E-state index contributed by atoms with van der Waals surface area (Å²) < 4.78 is 5.04. The lowest BCUT2D eigenvalue weighted by atomic mass is 9.96. The number of benzene rings is 1. The maximum absolute atomic E-state index is 11.9. The number of ketones is 1. The lowest BCUT2D eigenvalue weighted by Gasteiger charge is -2.12. The first-order valence-corrected chi connectivity index (χ1v) is 6.53. The van der Waals surface area contributed by atoms with Crippen molar-refractivity contribution in [3.8, 4) is 0 Å². The summed E-state index contributed by atoms with van der Waals surface area (Å²) in [5, 5.41) is 0. The lowest BCUT2D eigenvalue weighted by Crippen LogP contribution is -2.14. The van der Waals surface area contributed by atoms with Gasteiger partial charge in [-0.2, -0.15) is 0 Å². The first kappa shape index (κ1) is 14.7. The molecule has 0 radical (unpaired) electrons. The van der Waals surface area contributed by atoms with Crippen molar-refractivity contribution in [2.75, 3.05) is 12.5 Å². The van der Waals surface area contributed by atoms with E-state index in [2.05, 4.69) is 0 Å². The Morgan fingerprint density at radius 1 is 1.22 bits per heavy atom. The number of aryl methyl sites for hydroxylation is 1. The Morgan fingerprint density at radius 2 is 1.89 bits per heavy atom. The predicted octanol–water partition coefficient (Wildman–Crippen LogP) is 2.78. The number of carbonyl (C=O) groups is 2. The van der Waals surface area contributed by atoms with Crippen molar-refractivity contribution < 1.29 is 14.3 Å². The molecule has 1 aromatic rings. The van der Waals surface area contributed by atoms with Crippen LogP contribution in [0.25, 0.3) is 0 Å². The van der Waals surface area contributed by atoms with Crippen LogP contribution < -0.4 is 0 Å². The van der Waals surface area contributed by atoms with Gasteiger partial charge in [-0.15, -0.1) is 11.6 Å². The molecule has 0 aromatic heterocycles. The van der Waals surface area contributed by atoms with Crippen molar-refractivity contribution in [1.29, 1.82) is 0 Å². The van der Waals surface area contributed by atoms with Crippen LogP contribution in [0, 0.1) is 0 Å². The average molecular weight is 269 g/mol. The van der Waals surface area contributed by atoms with E-state index in [-0.39, 0.29) is 24.1 Å². The third kappa shape index (κ3) is 3.57. The molecule has 98 valence electrons. The van der Waals surface area contributed by atoms with Gasteiger partial charge in [0.1, 0.15) is 0 Å². The molecule has 0 saturated carbocycles. The molecule has 0 aliphatic carbocycles. The number of carbonyl (C=O) groups excluding carboxylic acids is 2. The maximum atomic E-state index is 11.9. The second-order valence-corrected chi connectivity index (χ2v) is 4.14. The van der Waals surface area contributed by atoms with Crippen molar-refractivity contribution in [2.45, 2.75) is 26.7 Å². The summed E-state index contributed by atoms with van der Waals surface area (Å²) in [6, 6.07) is 5.50. The fourth-order valence-corrected chi connectivity index (χ4v) is 1.91. The summed E-state index contributed by atoms with van der Waals surface area (Å²) in [6.07, 6.45) is 0.891. The molecule has 0 atom stereocenters. The summed E-state index contributed by atoms with van der Waals surface area (Å²) >= 11 is 5.50. The van der Waals surface area contributed by atoms with Crippen molar-refractivity contribution >= 4 is 23.4 Å². The average Bonchev–Trinajstić information content (AvgIpc) is 2.38. The zero-order chi connectivity index (χ0) is 13.5. The van der Waals surface area contributed by atoms with Crippen LogP contribution in [0.4, 0.5) is 0 Å². The van der Waals surface area contributed by atoms with Gasteiger partial charge >= 0.3 is 5.97 Å². The summed E-state index contributed by atoms with van der Waals surface area (Å²) in [5.74, 6) is -0.513. The van der Waals surface area contributed by atoms with Gasteiger partial charge in [0.2, 0.25) is 0 Å². The van der Waals surface area contributed by atoms with Crippen molar-refractivity contribution in [3.05, 3.63) is 34.9 Å². The largest absolute Gasteiger partial charge is 0.462 e. The number of ether oxygens (including phenoxy) is 1. The highest BCUT2D eigenvalue weighted by Gasteiger charge is 2.17. The van der Waals surface area contributed by atoms with Gasteiger partial charge < -0.3 is 4.74 Å². The SMILES string of the molecule is CCOC(=O)c1c(CC)cccc1CC(=O)CCl. The van der Waals surface area contributed by atoms with Gasteiger partial charge in [-0.3, -0.25) is 4.79 Å². The number of hydrogen-bond acceptors (Lipinski definition) is 3. The Balaban J connectivity index is 3.15. The second-order valence-electron chi connectivity index (χ2n) is 3.87. The molecular formula is C14H17ClO3. The van der Waals surface area contributed by atoms with E-state index in [0.29, 0.717) is 17.7 Å². The van der Waals surface area contributed by atoms with Crippen molar-refractivity contribution in [1.82, 2.24) is 0 Å². The van der Waals surface area contributed by atoms with Gasteiger partial charge in [-0.05, 0) is 24.5 Å². The Morgan fingerprint density at radius 3 is 2.44 bits per heavy atom. The fourth-order valence-electron chi connectivity index (χ4n) is 1.82. The van der Waals surface area contributed by atoms with Crippen LogP contribution in [0.3, 0.4) is 0 Å². The van der Waals surface area contributed by atoms with Crippen LogP contribution in [-0.4, -0.2) is 24.2 Å². The highest BCUT2D eigenvalue weighted by atomic mass is 35.5. The van der Waals surface area contributed by atoms with E-state index in [0.717, 1.165) is 12.0 Å². The first-order chi connectivity index (χ1) is 8.63. The lowest BCUT2D eigenvalue weighted by molar-refractivity contribution is -0.116. The van der Waals surface area contributed by atoms with Crippen molar-refractivity contribution in [3.63, 3.8) is 0 Å². The monoisotopic (exact) mass is 268 g/mol. The van der Waals surface area contributed by atoms with Crippen LogP contribution in [0.2, 0.25) is 0 Å². The second kappa shape index (κ2) is 7.17. The van der Waals surface area contributed by atoms with E-state index in [4.69, 9.17) is 16.3 Å². The Bertz CT molecular complexity index is 441. The number of alkyl halides is 1. The number of halogens is 1. The van der Waals surface area contributed by atoms with Gasteiger partial charge in [0.15, 0.2) is 5.78 Å². The van der Waals surface area contributed by atoms with Gasteiger partial charge in [-0.1, -0.05) is 25.1 Å². The van der Waals surface area contributed by atoms with Crippen LogP contribution in [0.5, 0.6) is 0 Å². The summed E-state index contributed by atoms with van der Waals surface area (Å²) in [7, 11) is 0. The number of hydrogen-bond donors (Lipinski definition) is 0. The Hall–Kier alpha value is -1.35.